The van der Waals surface area contributed by atoms with Crippen molar-refractivity contribution in [1.29, 1.82) is 0 Å². The molecule has 78 valence electrons. The molecule has 0 unspecified atom stereocenters. The van der Waals surface area contributed by atoms with Crippen LogP contribution in [0.3, 0.4) is 0 Å². The van der Waals surface area contributed by atoms with Gasteiger partial charge in [0.05, 0.1) is 5.52 Å². The highest BCUT2D eigenvalue weighted by Gasteiger charge is 2.01. The Morgan fingerprint density at radius 1 is 0.938 bits per heavy atom. The third-order valence-corrected chi connectivity index (χ3v) is 3.02. The van der Waals surface area contributed by atoms with Crippen molar-refractivity contribution in [2.24, 2.45) is 0 Å². The van der Waals surface area contributed by atoms with Gasteiger partial charge in [0.1, 0.15) is 0 Å². The SMILES string of the molecule is Cc1cc2cc3cnccc3cc2nc1C. The third-order valence-electron chi connectivity index (χ3n) is 3.02. The van der Waals surface area contributed by atoms with E-state index in [0.29, 0.717) is 0 Å². The highest BCUT2D eigenvalue weighted by atomic mass is 14.7. The summed E-state index contributed by atoms with van der Waals surface area (Å²) in [5.74, 6) is 0. The van der Waals surface area contributed by atoms with Crippen molar-refractivity contribution in [3.63, 3.8) is 0 Å². The van der Waals surface area contributed by atoms with Crippen LogP contribution in [0, 0.1) is 13.8 Å². The van der Waals surface area contributed by atoms with Gasteiger partial charge in [0.25, 0.3) is 0 Å². The van der Waals surface area contributed by atoms with E-state index in [-0.39, 0.29) is 0 Å². The van der Waals surface area contributed by atoms with Crippen molar-refractivity contribution >= 4 is 21.7 Å². The second-order valence-corrected chi connectivity index (χ2v) is 4.16. The Balaban J connectivity index is 2.46. The number of benzene rings is 1. The average Bonchev–Trinajstić information content (AvgIpc) is 2.28. The lowest BCUT2D eigenvalue weighted by atomic mass is 10.1. The Hall–Kier alpha value is -1.96. The van der Waals surface area contributed by atoms with E-state index in [0.717, 1.165) is 11.2 Å². The van der Waals surface area contributed by atoms with Crippen LogP contribution in [-0.2, 0) is 0 Å². The highest BCUT2D eigenvalue weighted by molar-refractivity contribution is 5.96. The van der Waals surface area contributed by atoms with E-state index in [1.165, 1.54) is 21.7 Å². The minimum atomic E-state index is 1.06. The van der Waals surface area contributed by atoms with E-state index in [2.05, 4.69) is 35.1 Å². The first-order valence-electron chi connectivity index (χ1n) is 5.36. The number of hydrogen-bond donors (Lipinski definition) is 0. The number of pyridine rings is 2. The quantitative estimate of drug-likeness (QED) is 0.529. The molecule has 0 fully saturated rings. The molecule has 0 spiro atoms. The zero-order valence-corrected chi connectivity index (χ0v) is 9.36. The minimum Gasteiger partial charge on any atom is -0.264 e. The first kappa shape index (κ1) is 9.28. The highest BCUT2D eigenvalue weighted by Crippen LogP contribution is 2.22. The summed E-state index contributed by atoms with van der Waals surface area (Å²) in [6, 6.07) is 8.48. The van der Waals surface area contributed by atoms with Gasteiger partial charge in [-0.3, -0.25) is 9.97 Å². The van der Waals surface area contributed by atoms with Crippen molar-refractivity contribution in [2.75, 3.05) is 0 Å². The molecule has 2 heteroatoms. The Kier molecular flexibility index (Phi) is 1.90. The van der Waals surface area contributed by atoms with Crippen LogP contribution in [-0.4, -0.2) is 9.97 Å². The molecule has 0 aliphatic heterocycles. The second-order valence-electron chi connectivity index (χ2n) is 4.16. The second kappa shape index (κ2) is 3.27. The predicted octanol–water partition coefficient (Wildman–Crippen LogP) is 3.40. The first-order chi connectivity index (χ1) is 7.74. The number of nitrogens with zero attached hydrogens (tertiary/aromatic N) is 2. The van der Waals surface area contributed by atoms with Crippen LogP contribution in [0.5, 0.6) is 0 Å². The van der Waals surface area contributed by atoms with Gasteiger partial charge in [0.15, 0.2) is 0 Å². The fourth-order valence-corrected chi connectivity index (χ4v) is 1.96. The predicted molar refractivity (Wildman–Crippen MR) is 66.5 cm³/mol. The molecule has 3 rings (SSSR count). The van der Waals surface area contributed by atoms with Crippen LogP contribution in [0.25, 0.3) is 21.7 Å². The van der Waals surface area contributed by atoms with Crippen molar-refractivity contribution in [3.8, 4) is 0 Å². The molecular weight excluding hydrogens is 196 g/mol. The molecule has 0 saturated heterocycles. The maximum atomic E-state index is 4.60. The summed E-state index contributed by atoms with van der Waals surface area (Å²) in [5, 5.41) is 3.54. The summed E-state index contributed by atoms with van der Waals surface area (Å²) in [6.07, 6.45) is 3.71. The summed E-state index contributed by atoms with van der Waals surface area (Å²) in [7, 11) is 0. The van der Waals surface area contributed by atoms with Crippen LogP contribution in [0.4, 0.5) is 0 Å². The van der Waals surface area contributed by atoms with Gasteiger partial charge in [0.2, 0.25) is 0 Å². The number of fused-ring (bicyclic) bond motifs is 2. The smallest absolute Gasteiger partial charge is 0.0711 e. The van der Waals surface area contributed by atoms with Gasteiger partial charge in [-0.15, -0.1) is 0 Å². The molecule has 0 aliphatic carbocycles. The van der Waals surface area contributed by atoms with Crippen molar-refractivity contribution in [2.45, 2.75) is 13.8 Å². The molecule has 0 amide bonds. The van der Waals surface area contributed by atoms with Crippen molar-refractivity contribution in [1.82, 2.24) is 9.97 Å². The van der Waals surface area contributed by atoms with Crippen LogP contribution in [0.15, 0.2) is 36.7 Å². The lowest BCUT2D eigenvalue weighted by Crippen LogP contribution is -1.88. The lowest BCUT2D eigenvalue weighted by molar-refractivity contribution is 1.20. The van der Waals surface area contributed by atoms with E-state index in [1.54, 1.807) is 0 Å². The van der Waals surface area contributed by atoms with E-state index in [9.17, 15) is 0 Å². The molecule has 2 aromatic heterocycles. The van der Waals surface area contributed by atoms with E-state index in [4.69, 9.17) is 0 Å². The van der Waals surface area contributed by atoms with Gasteiger partial charge < -0.3 is 0 Å². The van der Waals surface area contributed by atoms with Crippen molar-refractivity contribution < 1.29 is 0 Å². The number of aryl methyl sites for hydroxylation is 2. The van der Waals surface area contributed by atoms with E-state index >= 15 is 0 Å². The molecule has 3 aromatic rings. The molecule has 0 radical (unpaired) electrons. The topological polar surface area (TPSA) is 25.8 Å². The largest absolute Gasteiger partial charge is 0.264 e. The zero-order valence-electron chi connectivity index (χ0n) is 9.36. The normalized spacial score (nSPS) is 11.1. The molecule has 2 heterocycles. The molecule has 0 bridgehead atoms. The molecule has 2 nitrogen and oxygen atoms in total. The summed E-state index contributed by atoms with van der Waals surface area (Å²) in [4.78, 5) is 8.74. The third kappa shape index (κ3) is 1.34. The number of rotatable bonds is 0. The van der Waals surface area contributed by atoms with Gasteiger partial charge in [-0.25, -0.2) is 0 Å². The molecule has 0 saturated carbocycles. The monoisotopic (exact) mass is 208 g/mol. The summed E-state index contributed by atoms with van der Waals surface area (Å²) in [6.45, 7) is 4.14. The van der Waals surface area contributed by atoms with Crippen LogP contribution in [0.1, 0.15) is 11.3 Å². The Morgan fingerprint density at radius 3 is 2.69 bits per heavy atom. The molecule has 0 aliphatic rings. The molecule has 0 atom stereocenters. The molecular formula is C14H12N2. The molecule has 1 aromatic carbocycles. The van der Waals surface area contributed by atoms with Gasteiger partial charge in [0, 0.05) is 28.9 Å². The van der Waals surface area contributed by atoms with Crippen LogP contribution >= 0.6 is 0 Å². The summed E-state index contributed by atoms with van der Waals surface area (Å²) >= 11 is 0. The Bertz CT molecular complexity index is 627. The maximum Gasteiger partial charge on any atom is 0.0711 e. The fraction of sp³-hybridized carbons (Fsp3) is 0.143. The molecule has 16 heavy (non-hydrogen) atoms. The van der Waals surface area contributed by atoms with E-state index < -0.39 is 0 Å². The van der Waals surface area contributed by atoms with Gasteiger partial charge >= 0.3 is 0 Å². The Labute approximate surface area is 94.0 Å². The van der Waals surface area contributed by atoms with E-state index in [1.807, 2.05) is 25.4 Å². The summed E-state index contributed by atoms with van der Waals surface area (Å²) < 4.78 is 0. The van der Waals surface area contributed by atoms with Crippen LogP contribution < -0.4 is 0 Å². The van der Waals surface area contributed by atoms with Gasteiger partial charge in [-0.1, -0.05) is 0 Å². The zero-order chi connectivity index (χ0) is 11.1. The van der Waals surface area contributed by atoms with Gasteiger partial charge in [-0.05, 0) is 49.1 Å². The first-order valence-corrected chi connectivity index (χ1v) is 5.36. The minimum absolute atomic E-state index is 1.06. The van der Waals surface area contributed by atoms with Crippen LogP contribution in [0.2, 0.25) is 0 Å². The fourth-order valence-electron chi connectivity index (χ4n) is 1.96. The van der Waals surface area contributed by atoms with Gasteiger partial charge in [-0.2, -0.15) is 0 Å². The standard InChI is InChI=1S/C14H12N2/c1-9-5-12-6-13-8-15-4-3-11(13)7-14(12)16-10(9)2/h3-8H,1-2H3. The molecule has 0 N–H and O–H groups in total. The van der Waals surface area contributed by atoms with Crippen molar-refractivity contribution in [3.05, 3.63) is 47.9 Å². The Morgan fingerprint density at radius 2 is 1.81 bits per heavy atom. The average molecular weight is 208 g/mol. The maximum absolute atomic E-state index is 4.60. The number of aromatic nitrogens is 2. The number of hydrogen-bond acceptors (Lipinski definition) is 2. The lowest BCUT2D eigenvalue weighted by Gasteiger charge is -2.04. The summed E-state index contributed by atoms with van der Waals surface area (Å²) in [5.41, 5.74) is 3.39.